The number of rotatable bonds is 0. The summed E-state index contributed by atoms with van der Waals surface area (Å²) in [5, 5.41) is 0. The summed E-state index contributed by atoms with van der Waals surface area (Å²) in [5.41, 5.74) is 0. The third-order valence-corrected chi connectivity index (χ3v) is 8.95. The van der Waals surface area contributed by atoms with Crippen molar-refractivity contribution in [1.82, 2.24) is 29.6 Å². The van der Waals surface area contributed by atoms with Crippen LogP contribution >= 0.6 is 0 Å². The van der Waals surface area contributed by atoms with Crippen LogP contribution in [-0.2, 0) is 9.47 Å². The van der Waals surface area contributed by atoms with Gasteiger partial charge in [-0.25, -0.2) is 29.1 Å². The van der Waals surface area contributed by atoms with Crippen molar-refractivity contribution in [3.63, 3.8) is 0 Å². The van der Waals surface area contributed by atoms with Crippen LogP contribution < -0.4 is 19.6 Å². The largest absolute Gasteiger partial charge is 0.378 e. The second-order valence-corrected chi connectivity index (χ2v) is 11.6. The van der Waals surface area contributed by atoms with Crippen molar-refractivity contribution in [1.29, 1.82) is 0 Å². The van der Waals surface area contributed by atoms with Crippen molar-refractivity contribution in [2.24, 2.45) is 0 Å². The van der Waals surface area contributed by atoms with Crippen molar-refractivity contribution < 1.29 is 28.7 Å². The summed E-state index contributed by atoms with van der Waals surface area (Å²) >= 11 is 0. The average molecular weight is 635 g/mol. The van der Waals surface area contributed by atoms with E-state index in [0.717, 1.165) is 0 Å². The molecule has 5 aliphatic heterocycles. The van der Waals surface area contributed by atoms with E-state index in [9.17, 15) is 19.2 Å². The van der Waals surface area contributed by atoms with Gasteiger partial charge >= 0.3 is 24.1 Å². The van der Waals surface area contributed by atoms with Gasteiger partial charge in [0.25, 0.3) is 0 Å². The van der Waals surface area contributed by atoms with Crippen LogP contribution in [0.4, 0.5) is 42.4 Å². The third kappa shape index (κ3) is 5.85. The van der Waals surface area contributed by atoms with Crippen LogP contribution in [0.5, 0.6) is 0 Å². The molecule has 0 N–H and O–H groups in total. The zero-order valence-corrected chi connectivity index (χ0v) is 25.7. The van der Waals surface area contributed by atoms with E-state index < -0.39 is 0 Å². The molecule has 0 spiro atoms. The van der Waals surface area contributed by atoms with Gasteiger partial charge in [-0.2, -0.15) is 0 Å². The number of hydrogen-bond donors (Lipinski definition) is 0. The molecule has 244 valence electrons. The van der Waals surface area contributed by atoms with Gasteiger partial charge in [-0.05, 0) is 24.3 Å². The Morgan fingerprint density at radius 1 is 0.391 bits per heavy atom. The molecule has 16 nitrogen and oxygen atoms in total. The minimum atomic E-state index is -0.157. The number of ether oxygens (including phenoxy) is 2. The summed E-state index contributed by atoms with van der Waals surface area (Å²) in [6.45, 7) is 7.12. The molecule has 5 aliphatic rings. The fraction of sp³-hybridized carbons (Fsp3) is 0.533. The average Bonchev–Trinajstić information content (AvgIpc) is 3.83. The Hall–Kier alpha value is -4.70. The highest BCUT2D eigenvalue weighted by Gasteiger charge is 2.35. The maximum atomic E-state index is 13.2. The van der Waals surface area contributed by atoms with Crippen LogP contribution in [0.3, 0.4) is 0 Å². The molecular formula is C30H38N10O6. The van der Waals surface area contributed by atoms with E-state index in [2.05, 4.69) is 9.97 Å². The number of fused-ring (bicyclic) bond motifs is 16. The number of anilines is 4. The minimum Gasteiger partial charge on any atom is -0.378 e. The molecule has 0 aliphatic carbocycles. The quantitative estimate of drug-likeness (QED) is 0.422. The second-order valence-electron chi connectivity index (χ2n) is 11.6. The van der Waals surface area contributed by atoms with Crippen LogP contribution in [0.25, 0.3) is 0 Å². The van der Waals surface area contributed by atoms with Crippen LogP contribution in [0, 0.1) is 0 Å². The highest BCUT2D eigenvalue weighted by molar-refractivity contribution is 5.96. The highest BCUT2D eigenvalue weighted by atomic mass is 16.5. The number of nitrogens with zero attached hydrogens (tertiary/aromatic N) is 10. The van der Waals surface area contributed by atoms with E-state index >= 15 is 0 Å². The van der Waals surface area contributed by atoms with Gasteiger partial charge in [0.05, 0.1) is 26.4 Å². The molecule has 12 bridgehead atoms. The molecule has 8 amide bonds. The molecule has 0 unspecified atom stereocenters. The van der Waals surface area contributed by atoms with E-state index in [-0.39, 0.29) is 24.1 Å². The molecule has 4 fully saturated rings. The number of carbonyl (C=O) groups excluding carboxylic acids is 4. The fourth-order valence-corrected chi connectivity index (χ4v) is 6.34. The first-order valence-electron chi connectivity index (χ1n) is 15.8. The topological polar surface area (TPSA) is 138 Å². The van der Waals surface area contributed by atoms with Gasteiger partial charge in [0.15, 0.2) is 0 Å². The van der Waals surface area contributed by atoms with Gasteiger partial charge in [0.1, 0.15) is 23.3 Å². The van der Waals surface area contributed by atoms with Crippen molar-refractivity contribution in [3.8, 4) is 0 Å². The zero-order chi connectivity index (χ0) is 31.6. The van der Waals surface area contributed by atoms with Crippen molar-refractivity contribution in [3.05, 3.63) is 36.4 Å². The predicted octanol–water partition coefficient (Wildman–Crippen LogP) is 1.19. The summed E-state index contributed by atoms with van der Waals surface area (Å²) in [7, 11) is 0. The maximum Gasteiger partial charge on any atom is 0.325 e. The van der Waals surface area contributed by atoms with E-state index in [1.807, 2.05) is 12.1 Å². The first kappa shape index (κ1) is 30.0. The van der Waals surface area contributed by atoms with E-state index in [1.54, 1.807) is 63.5 Å². The summed E-state index contributed by atoms with van der Waals surface area (Å²) < 4.78 is 11.7. The maximum absolute atomic E-state index is 13.2. The van der Waals surface area contributed by atoms with Gasteiger partial charge in [-0.3, -0.25) is 19.6 Å². The molecule has 46 heavy (non-hydrogen) atoms. The lowest BCUT2D eigenvalue weighted by Gasteiger charge is -2.22. The third-order valence-electron chi connectivity index (χ3n) is 8.95. The van der Waals surface area contributed by atoms with Crippen molar-refractivity contribution in [2.45, 2.75) is 0 Å². The molecule has 2 aromatic heterocycles. The normalized spacial score (nSPS) is 21.9. The summed E-state index contributed by atoms with van der Waals surface area (Å²) in [6.07, 6.45) is 0. The molecular weight excluding hydrogens is 596 g/mol. The lowest BCUT2D eigenvalue weighted by atomic mass is 10.4. The Bertz CT molecular complexity index is 1290. The Morgan fingerprint density at radius 2 is 0.652 bits per heavy atom. The van der Waals surface area contributed by atoms with Gasteiger partial charge in [-0.1, -0.05) is 12.1 Å². The number of aromatic nitrogens is 2. The Morgan fingerprint density at radius 3 is 0.913 bits per heavy atom. The Balaban J connectivity index is 1.04. The van der Waals surface area contributed by atoms with Crippen LogP contribution in [0.2, 0.25) is 0 Å². The molecule has 0 aromatic carbocycles. The van der Waals surface area contributed by atoms with Crippen molar-refractivity contribution in [2.75, 3.05) is 125 Å². The number of carbonyl (C=O) groups is 4. The van der Waals surface area contributed by atoms with Gasteiger partial charge in [-0.15, -0.1) is 0 Å². The van der Waals surface area contributed by atoms with Gasteiger partial charge in [0.2, 0.25) is 0 Å². The Labute approximate surface area is 266 Å². The smallest absolute Gasteiger partial charge is 0.325 e. The van der Waals surface area contributed by atoms with Gasteiger partial charge < -0.3 is 29.1 Å². The SMILES string of the molecule is O=C1N2CCOCCN3CCN(C3=O)c3cccc(n3)N3CCN(CCOCCN4CCN(C4=O)c4cccc(n4)N1CC2)C3=O. The van der Waals surface area contributed by atoms with Gasteiger partial charge in [0, 0.05) is 78.5 Å². The molecule has 0 radical (unpaired) electrons. The molecule has 16 heteroatoms. The summed E-state index contributed by atoms with van der Waals surface area (Å²) in [4.78, 5) is 75.5. The second kappa shape index (κ2) is 13.0. The first-order valence-corrected chi connectivity index (χ1v) is 15.8. The predicted molar refractivity (Wildman–Crippen MR) is 167 cm³/mol. The first-order chi connectivity index (χ1) is 22.5. The molecule has 7 rings (SSSR count). The van der Waals surface area contributed by atoms with E-state index in [0.29, 0.717) is 128 Å². The number of urea groups is 4. The highest BCUT2D eigenvalue weighted by Crippen LogP contribution is 2.26. The summed E-state index contributed by atoms with van der Waals surface area (Å²) in [6, 6.07) is 10.1. The summed E-state index contributed by atoms with van der Waals surface area (Å²) in [5.74, 6) is 2.00. The lowest BCUT2D eigenvalue weighted by molar-refractivity contribution is 0.102. The number of pyridine rings is 2. The van der Waals surface area contributed by atoms with E-state index in [4.69, 9.17) is 9.47 Å². The lowest BCUT2D eigenvalue weighted by Crippen LogP contribution is -2.37. The zero-order valence-electron chi connectivity index (χ0n) is 25.7. The fourth-order valence-electron chi connectivity index (χ4n) is 6.34. The number of hydrogen-bond acceptors (Lipinski definition) is 8. The molecule has 0 saturated carbocycles. The molecule has 0 atom stereocenters. The molecule has 4 saturated heterocycles. The van der Waals surface area contributed by atoms with Crippen LogP contribution in [-0.4, -0.2) is 159 Å². The number of amides is 8. The van der Waals surface area contributed by atoms with Crippen molar-refractivity contribution >= 4 is 47.4 Å². The molecule has 2 aromatic rings. The minimum absolute atomic E-state index is 0.157. The van der Waals surface area contributed by atoms with Crippen LogP contribution in [0.1, 0.15) is 0 Å². The Kier molecular flexibility index (Phi) is 8.45. The molecule has 7 heterocycles. The monoisotopic (exact) mass is 634 g/mol. The standard InChI is InChI=1S/C30H38N10O6/c41-27-33-7-11-37(27)23-3-1-4-24(31-23)38-12-8-34(28(38)42)16-20-46-22-18-36-10-14-40(30(36)44)26-6-2-5-25(32-26)39-13-9-35(29(39)43)17-21-45-19-15-33/h1-6H,7-22H2. The van der Waals surface area contributed by atoms with E-state index in [1.165, 1.54) is 0 Å². The van der Waals surface area contributed by atoms with Crippen LogP contribution in [0.15, 0.2) is 36.4 Å².